The summed E-state index contributed by atoms with van der Waals surface area (Å²) < 4.78 is 8.54. The predicted octanol–water partition coefficient (Wildman–Crippen LogP) is 7.04. The summed E-state index contributed by atoms with van der Waals surface area (Å²) in [5.41, 5.74) is 5.79. The van der Waals surface area contributed by atoms with Crippen LogP contribution < -0.4 is 4.74 Å². The van der Waals surface area contributed by atoms with Crippen molar-refractivity contribution < 1.29 is 9.53 Å². The monoisotopic (exact) mass is 525 g/mol. The van der Waals surface area contributed by atoms with Crippen molar-refractivity contribution in [2.75, 3.05) is 6.54 Å². The number of thioether (sulfide) groups is 1. The van der Waals surface area contributed by atoms with Gasteiger partial charge in [-0.15, -0.1) is 0 Å². The van der Waals surface area contributed by atoms with Gasteiger partial charge < -0.3 is 4.74 Å². The van der Waals surface area contributed by atoms with E-state index in [1.54, 1.807) is 4.90 Å². The average molecular weight is 526 g/mol. The number of benzene rings is 3. The van der Waals surface area contributed by atoms with Crippen LogP contribution in [0.4, 0.5) is 0 Å². The van der Waals surface area contributed by atoms with Crippen molar-refractivity contribution in [1.82, 2.24) is 14.7 Å². The van der Waals surface area contributed by atoms with Crippen LogP contribution in [0.5, 0.6) is 5.75 Å². The van der Waals surface area contributed by atoms with E-state index in [4.69, 9.17) is 22.1 Å². The lowest BCUT2D eigenvalue weighted by Gasteiger charge is -2.11. The molecule has 1 fully saturated rings. The third-order valence-corrected chi connectivity index (χ3v) is 7.38. The lowest BCUT2D eigenvalue weighted by molar-refractivity contribution is -0.122. The van der Waals surface area contributed by atoms with Crippen molar-refractivity contribution in [2.45, 2.75) is 26.9 Å². The molecule has 0 bridgehead atoms. The van der Waals surface area contributed by atoms with Crippen LogP contribution in [-0.4, -0.2) is 31.5 Å². The Bertz CT molecular complexity index is 1460. The molecule has 1 amide bonds. The highest BCUT2D eigenvalue weighted by Crippen LogP contribution is 2.35. The first-order valence-corrected chi connectivity index (χ1v) is 13.4. The maximum atomic E-state index is 13.0. The second-order valence-corrected chi connectivity index (χ2v) is 10.5. The van der Waals surface area contributed by atoms with E-state index < -0.39 is 0 Å². The molecule has 0 aliphatic carbocycles. The standard InChI is InChI=1S/C30H27N3O2S2/c1-3-16-32-29(34)27(37-30(32)36)18-24-19-33(25-9-5-4-6-10-25)31-28(24)23-8-7-11-26(17-23)35-20-22-14-12-21(2)13-15-22/h4-15,17-19H,3,16,20H2,1-2H3/b27-18-. The largest absolute Gasteiger partial charge is 0.489 e. The summed E-state index contributed by atoms with van der Waals surface area (Å²) in [7, 11) is 0. The molecule has 37 heavy (non-hydrogen) atoms. The Balaban J connectivity index is 1.49. The van der Waals surface area contributed by atoms with Crippen molar-refractivity contribution in [3.05, 3.63) is 107 Å². The molecule has 4 aromatic rings. The number of hydrogen-bond acceptors (Lipinski definition) is 5. The molecule has 7 heteroatoms. The zero-order chi connectivity index (χ0) is 25.8. The van der Waals surface area contributed by atoms with Gasteiger partial charge in [0.15, 0.2) is 0 Å². The Hall–Kier alpha value is -3.68. The summed E-state index contributed by atoms with van der Waals surface area (Å²) in [6, 6.07) is 26.2. The minimum atomic E-state index is -0.0505. The van der Waals surface area contributed by atoms with Gasteiger partial charge >= 0.3 is 0 Å². The van der Waals surface area contributed by atoms with Gasteiger partial charge in [-0.1, -0.05) is 91.1 Å². The van der Waals surface area contributed by atoms with Crippen LogP contribution in [0, 0.1) is 6.92 Å². The number of thiocarbonyl (C=S) groups is 1. The number of aryl methyl sites for hydroxylation is 1. The van der Waals surface area contributed by atoms with E-state index in [9.17, 15) is 4.79 Å². The van der Waals surface area contributed by atoms with Crippen molar-refractivity contribution in [3.8, 4) is 22.7 Å². The fourth-order valence-electron chi connectivity index (χ4n) is 4.07. The first kappa shape index (κ1) is 25.0. The van der Waals surface area contributed by atoms with Gasteiger partial charge in [0.05, 0.1) is 10.6 Å². The summed E-state index contributed by atoms with van der Waals surface area (Å²) in [6.45, 7) is 5.22. The molecule has 0 radical (unpaired) electrons. The smallest absolute Gasteiger partial charge is 0.266 e. The molecule has 0 atom stereocenters. The van der Waals surface area contributed by atoms with Crippen LogP contribution in [0.25, 0.3) is 23.0 Å². The molecule has 0 spiro atoms. The number of carbonyl (C=O) groups excluding carboxylic acids is 1. The van der Waals surface area contributed by atoms with E-state index in [0.29, 0.717) is 22.4 Å². The fourth-order valence-corrected chi connectivity index (χ4v) is 5.37. The lowest BCUT2D eigenvalue weighted by atomic mass is 10.1. The molecule has 1 aromatic heterocycles. The van der Waals surface area contributed by atoms with E-state index in [1.807, 2.05) is 78.5 Å². The van der Waals surface area contributed by atoms with E-state index in [1.165, 1.54) is 17.3 Å². The zero-order valence-electron chi connectivity index (χ0n) is 20.8. The Kier molecular flexibility index (Phi) is 7.53. The molecule has 0 N–H and O–H groups in total. The number of hydrogen-bond donors (Lipinski definition) is 0. The van der Waals surface area contributed by atoms with E-state index in [-0.39, 0.29) is 5.91 Å². The maximum Gasteiger partial charge on any atom is 0.266 e. The molecular formula is C30H27N3O2S2. The summed E-state index contributed by atoms with van der Waals surface area (Å²) in [4.78, 5) is 15.3. The number of nitrogens with zero attached hydrogens (tertiary/aromatic N) is 3. The lowest BCUT2D eigenvalue weighted by Crippen LogP contribution is -2.28. The van der Waals surface area contributed by atoms with Gasteiger partial charge in [-0.2, -0.15) is 5.10 Å². The second-order valence-electron chi connectivity index (χ2n) is 8.85. The van der Waals surface area contributed by atoms with Crippen LogP contribution in [0.3, 0.4) is 0 Å². The summed E-state index contributed by atoms with van der Waals surface area (Å²) in [5, 5.41) is 4.91. The fraction of sp³-hybridized carbons (Fsp3) is 0.167. The van der Waals surface area contributed by atoms with Gasteiger partial charge in [-0.05, 0) is 49.2 Å². The van der Waals surface area contributed by atoms with Gasteiger partial charge in [0, 0.05) is 23.9 Å². The molecule has 1 saturated heterocycles. The number of para-hydroxylation sites is 1. The summed E-state index contributed by atoms with van der Waals surface area (Å²) in [6.07, 6.45) is 4.71. The molecule has 3 aromatic carbocycles. The molecule has 186 valence electrons. The van der Waals surface area contributed by atoms with Crippen molar-refractivity contribution in [3.63, 3.8) is 0 Å². The summed E-state index contributed by atoms with van der Waals surface area (Å²) >= 11 is 6.81. The topological polar surface area (TPSA) is 47.4 Å². The Morgan fingerprint density at radius 2 is 1.81 bits per heavy atom. The molecule has 0 saturated carbocycles. The normalized spacial score (nSPS) is 14.5. The number of amides is 1. The van der Waals surface area contributed by atoms with Gasteiger partial charge in [0.1, 0.15) is 22.4 Å². The molecule has 2 heterocycles. The van der Waals surface area contributed by atoms with Gasteiger partial charge in [-0.3, -0.25) is 9.69 Å². The van der Waals surface area contributed by atoms with Crippen LogP contribution in [0.2, 0.25) is 0 Å². The van der Waals surface area contributed by atoms with Gasteiger partial charge in [0.2, 0.25) is 0 Å². The van der Waals surface area contributed by atoms with E-state index >= 15 is 0 Å². The first-order chi connectivity index (χ1) is 18.0. The zero-order valence-corrected chi connectivity index (χ0v) is 22.4. The molecule has 5 rings (SSSR count). The molecule has 1 aliphatic rings. The second kappa shape index (κ2) is 11.2. The minimum absolute atomic E-state index is 0.0505. The summed E-state index contributed by atoms with van der Waals surface area (Å²) in [5.74, 6) is 0.706. The third kappa shape index (κ3) is 5.68. The molecule has 1 aliphatic heterocycles. The van der Waals surface area contributed by atoms with Crippen molar-refractivity contribution in [1.29, 1.82) is 0 Å². The van der Waals surface area contributed by atoms with E-state index in [0.717, 1.165) is 40.2 Å². The van der Waals surface area contributed by atoms with Gasteiger partial charge in [-0.25, -0.2) is 4.68 Å². The maximum absolute atomic E-state index is 13.0. The number of ether oxygens (including phenoxy) is 1. The highest BCUT2D eigenvalue weighted by Gasteiger charge is 2.31. The molecule has 0 unspecified atom stereocenters. The molecular weight excluding hydrogens is 498 g/mol. The highest BCUT2D eigenvalue weighted by molar-refractivity contribution is 8.26. The quantitative estimate of drug-likeness (QED) is 0.182. The highest BCUT2D eigenvalue weighted by atomic mass is 32.2. The van der Waals surface area contributed by atoms with Crippen molar-refractivity contribution >= 4 is 40.3 Å². The van der Waals surface area contributed by atoms with E-state index in [2.05, 4.69) is 31.2 Å². The molecule has 5 nitrogen and oxygen atoms in total. The predicted molar refractivity (Wildman–Crippen MR) is 155 cm³/mol. The first-order valence-electron chi connectivity index (χ1n) is 12.2. The van der Waals surface area contributed by atoms with Gasteiger partial charge in [0.25, 0.3) is 5.91 Å². The number of aromatic nitrogens is 2. The average Bonchev–Trinajstić information content (AvgIpc) is 3.46. The van der Waals surface area contributed by atoms with Crippen LogP contribution in [0.15, 0.2) is 90.0 Å². The Morgan fingerprint density at radius 3 is 2.57 bits per heavy atom. The Morgan fingerprint density at radius 1 is 1.03 bits per heavy atom. The number of rotatable bonds is 8. The SMILES string of the molecule is CCCN1C(=O)/C(=C/c2cn(-c3ccccc3)nc2-c2cccc(OCc3ccc(C)cc3)c2)SC1=S. The minimum Gasteiger partial charge on any atom is -0.489 e. The van der Waals surface area contributed by atoms with Crippen LogP contribution >= 0.6 is 24.0 Å². The van der Waals surface area contributed by atoms with Crippen molar-refractivity contribution in [2.24, 2.45) is 0 Å². The van der Waals surface area contributed by atoms with Crippen LogP contribution in [0.1, 0.15) is 30.0 Å². The Labute approximate surface area is 226 Å². The number of carbonyl (C=O) groups is 1. The van der Waals surface area contributed by atoms with Crippen LogP contribution in [-0.2, 0) is 11.4 Å². The third-order valence-electron chi connectivity index (χ3n) is 6.00.